The lowest BCUT2D eigenvalue weighted by Gasteiger charge is -2.06. The molecule has 0 unspecified atom stereocenters. The summed E-state index contributed by atoms with van der Waals surface area (Å²) in [6.45, 7) is 2.53. The maximum absolute atomic E-state index is 11.8. The van der Waals surface area contributed by atoms with Gasteiger partial charge in [0.15, 0.2) is 0 Å². The molecule has 0 heterocycles. The van der Waals surface area contributed by atoms with Crippen LogP contribution in [0.5, 0.6) is 5.75 Å². The van der Waals surface area contributed by atoms with E-state index in [9.17, 15) is 4.79 Å². The van der Waals surface area contributed by atoms with Gasteiger partial charge in [-0.15, -0.1) is 0 Å². The van der Waals surface area contributed by atoms with E-state index in [-0.39, 0.29) is 5.91 Å². The standard InChI is InChI=1S/C18H19NO2/c1-14-8-10-17(21-2)16(12-14)9-11-18(20)19-13-15-6-4-3-5-7-15/h3-12H,13H2,1-2H3,(H,19,20)/b11-9+. The first-order chi connectivity index (χ1) is 10.2. The van der Waals surface area contributed by atoms with Crippen LogP contribution in [0.1, 0.15) is 16.7 Å². The van der Waals surface area contributed by atoms with Crippen LogP contribution in [0.25, 0.3) is 6.08 Å². The van der Waals surface area contributed by atoms with E-state index in [1.165, 1.54) is 6.08 Å². The smallest absolute Gasteiger partial charge is 0.244 e. The molecule has 3 heteroatoms. The van der Waals surface area contributed by atoms with Gasteiger partial charge in [-0.2, -0.15) is 0 Å². The van der Waals surface area contributed by atoms with Gasteiger partial charge in [-0.1, -0.05) is 42.0 Å². The molecule has 0 aliphatic rings. The number of amides is 1. The maximum Gasteiger partial charge on any atom is 0.244 e. The second kappa shape index (κ2) is 7.29. The molecule has 0 spiro atoms. The SMILES string of the molecule is COc1ccc(C)cc1/C=C/C(=O)NCc1ccccc1. The molecular weight excluding hydrogens is 262 g/mol. The van der Waals surface area contributed by atoms with Crippen LogP contribution < -0.4 is 10.1 Å². The molecule has 0 aliphatic heterocycles. The Bertz CT molecular complexity index is 633. The van der Waals surface area contributed by atoms with Crippen molar-refractivity contribution in [2.75, 3.05) is 7.11 Å². The fourth-order valence-corrected chi connectivity index (χ4v) is 1.99. The number of carbonyl (C=O) groups is 1. The number of aryl methyl sites for hydroxylation is 1. The normalized spacial score (nSPS) is 10.6. The van der Waals surface area contributed by atoms with Crippen molar-refractivity contribution in [3.8, 4) is 5.75 Å². The van der Waals surface area contributed by atoms with Crippen LogP contribution in [-0.2, 0) is 11.3 Å². The van der Waals surface area contributed by atoms with Crippen molar-refractivity contribution in [2.45, 2.75) is 13.5 Å². The van der Waals surface area contributed by atoms with Crippen LogP contribution in [0.4, 0.5) is 0 Å². The number of hydrogen-bond acceptors (Lipinski definition) is 2. The van der Waals surface area contributed by atoms with E-state index in [1.54, 1.807) is 13.2 Å². The molecule has 1 amide bonds. The predicted octanol–water partition coefficient (Wildman–Crippen LogP) is 3.33. The lowest BCUT2D eigenvalue weighted by molar-refractivity contribution is -0.116. The Morgan fingerprint density at radius 2 is 1.95 bits per heavy atom. The third-order valence-corrected chi connectivity index (χ3v) is 3.11. The Hall–Kier alpha value is -2.55. The van der Waals surface area contributed by atoms with Gasteiger partial charge in [0.05, 0.1) is 7.11 Å². The first kappa shape index (κ1) is 14.9. The maximum atomic E-state index is 11.8. The van der Waals surface area contributed by atoms with E-state index in [1.807, 2.05) is 55.5 Å². The van der Waals surface area contributed by atoms with Gasteiger partial charge in [-0.05, 0) is 30.7 Å². The fourth-order valence-electron chi connectivity index (χ4n) is 1.99. The molecule has 2 rings (SSSR count). The fraction of sp³-hybridized carbons (Fsp3) is 0.167. The van der Waals surface area contributed by atoms with Crippen LogP contribution in [-0.4, -0.2) is 13.0 Å². The van der Waals surface area contributed by atoms with Crippen LogP contribution in [0.15, 0.2) is 54.6 Å². The average molecular weight is 281 g/mol. The predicted molar refractivity (Wildman–Crippen MR) is 85.1 cm³/mol. The van der Waals surface area contributed by atoms with E-state index < -0.39 is 0 Å². The molecule has 3 nitrogen and oxygen atoms in total. The minimum absolute atomic E-state index is 0.123. The molecule has 21 heavy (non-hydrogen) atoms. The summed E-state index contributed by atoms with van der Waals surface area (Å²) in [6.07, 6.45) is 3.30. The van der Waals surface area contributed by atoms with Crippen molar-refractivity contribution in [1.82, 2.24) is 5.32 Å². The van der Waals surface area contributed by atoms with E-state index in [0.29, 0.717) is 6.54 Å². The molecule has 0 bridgehead atoms. The van der Waals surface area contributed by atoms with E-state index >= 15 is 0 Å². The van der Waals surface area contributed by atoms with Crippen molar-refractivity contribution >= 4 is 12.0 Å². The van der Waals surface area contributed by atoms with Crippen molar-refractivity contribution in [2.24, 2.45) is 0 Å². The molecule has 0 saturated carbocycles. The number of ether oxygens (including phenoxy) is 1. The first-order valence-electron chi connectivity index (χ1n) is 6.83. The first-order valence-corrected chi connectivity index (χ1v) is 6.83. The van der Waals surface area contributed by atoms with Crippen LogP contribution in [0.2, 0.25) is 0 Å². The number of hydrogen-bond donors (Lipinski definition) is 1. The Kier molecular flexibility index (Phi) is 5.16. The Balaban J connectivity index is 1.97. The van der Waals surface area contributed by atoms with Gasteiger partial charge in [-0.25, -0.2) is 0 Å². The summed E-state index contributed by atoms with van der Waals surface area (Å²) in [5.41, 5.74) is 3.10. The largest absolute Gasteiger partial charge is 0.496 e. The Labute approximate surface area is 125 Å². The quantitative estimate of drug-likeness (QED) is 0.854. The summed E-state index contributed by atoms with van der Waals surface area (Å²) in [5.74, 6) is 0.634. The van der Waals surface area contributed by atoms with Gasteiger partial charge in [0.2, 0.25) is 5.91 Å². The Morgan fingerprint density at radius 1 is 1.19 bits per heavy atom. The molecular formula is C18H19NO2. The molecule has 0 aromatic heterocycles. The highest BCUT2D eigenvalue weighted by Crippen LogP contribution is 2.20. The summed E-state index contributed by atoms with van der Waals surface area (Å²) in [5, 5.41) is 2.85. The second-order valence-electron chi connectivity index (χ2n) is 4.78. The molecule has 2 aromatic rings. The number of benzene rings is 2. The zero-order chi connectivity index (χ0) is 15.1. The summed E-state index contributed by atoms with van der Waals surface area (Å²) in [6, 6.07) is 15.7. The third kappa shape index (κ3) is 4.49. The van der Waals surface area contributed by atoms with Crippen LogP contribution in [0.3, 0.4) is 0 Å². The van der Waals surface area contributed by atoms with Crippen LogP contribution in [0, 0.1) is 6.92 Å². The summed E-state index contributed by atoms with van der Waals surface area (Å²) in [4.78, 5) is 11.8. The molecule has 108 valence electrons. The number of rotatable bonds is 5. The van der Waals surface area contributed by atoms with E-state index in [4.69, 9.17) is 4.74 Å². The van der Waals surface area contributed by atoms with Crippen molar-refractivity contribution in [3.63, 3.8) is 0 Å². The second-order valence-corrected chi connectivity index (χ2v) is 4.78. The lowest BCUT2D eigenvalue weighted by Crippen LogP contribution is -2.20. The van der Waals surface area contributed by atoms with Gasteiger partial charge >= 0.3 is 0 Å². The monoisotopic (exact) mass is 281 g/mol. The summed E-state index contributed by atoms with van der Waals surface area (Å²) < 4.78 is 5.28. The molecule has 1 N–H and O–H groups in total. The highest BCUT2D eigenvalue weighted by atomic mass is 16.5. The molecule has 0 radical (unpaired) electrons. The van der Waals surface area contributed by atoms with Crippen molar-refractivity contribution in [1.29, 1.82) is 0 Å². The molecule has 0 fully saturated rings. The molecule has 0 atom stereocenters. The van der Waals surface area contributed by atoms with Gasteiger partial charge in [0.25, 0.3) is 0 Å². The van der Waals surface area contributed by atoms with Gasteiger partial charge < -0.3 is 10.1 Å². The molecule has 2 aromatic carbocycles. The highest BCUT2D eigenvalue weighted by molar-refractivity contribution is 5.92. The number of methoxy groups -OCH3 is 1. The Morgan fingerprint density at radius 3 is 2.67 bits per heavy atom. The van der Waals surface area contributed by atoms with Crippen LogP contribution >= 0.6 is 0 Å². The minimum atomic E-state index is -0.123. The highest BCUT2D eigenvalue weighted by Gasteiger charge is 2.01. The zero-order valence-electron chi connectivity index (χ0n) is 12.3. The van der Waals surface area contributed by atoms with E-state index in [0.717, 1.165) is 22.4 Å². The summed E-state index contributed by atoms with van der Waals surface area (Å²) >= 11 is 0. The number of nitrogens with one attached hydrogen (secondary N) is 1. The van der Waals surface area contributed by atoms with Gasteiger partial charge in [-0.3, -0.25) is 4.79 Å². The lowest BCUT2D eigenvalue weighted by atomic mass is 10.1. The van der Waals surface area contributed by atoms with Gasteiger partial charge in [0, 0.05) is 18.2 Å². The molecule has 0 saturated heterocycles. The zero-order valence-corrected chi connectivity index (χ0v) is 12.3. The van der Waals surface area contributed by atoms with Crippen molar-refractivity contribution < 1.29 is 9.53 Å². The van der Waals surface area contributed by atoms with Crippen molar-refractivity contribution in [3.05, 3.63) is 71.3 Å². The van der Waals surface area contributed by atoms with Gasteiger partial charge in [0.1, 0.15) is 5.75 Å². The molecule has 0 aliphatic carbocycles. The minimum Gasteiger partial charge on any atom is -0.496 e. The topological polar surface area (TPSA) is 38.3 Å². The average Bonchev–Trinajstić information content (AvgIpc) is 2.52. The van der Waals surface area contributed by atoms with E-state index in [2.05, 4.69) is 5.32 Å². The number of carbonyl (C=O) groups excluding carboxylic acids is 1. The summed E-state index contributed by atoms with van der Waals surface area (Å²) in [7, 11) is 1.62. The third-order valence-electron chi connectivity index (χ3n) is 3.11.